The zero-order valence-corrected chi connectivity index (χ0v) is 36.0. The summed E-state index contributed by atoms with van der Waals surface area (Å²) in [5.41, 5.74) is 0. The molecule has 1 N–H and O–H groups in total. The van der Waals surface area contributed by atoms with Crippen LogP contribution in [0.3, 0.4) is 0 Å². The van der Waals surface area contributed by atoms with E-state index in [0.29, 0.717) is 19.6 Å². The quantitative estimate of drug-likeness (QED) is 0.0383. The van der Waals surface area contributed by atoms with Crippen LogP contribution in [-0.2, 0) is 14.3 Å². The largest absolute Gasteiger partial charge is 0.457 e. The number of allylic oxidation sites excluding steroid dienone is 10. The molecule has 0 aliphatic rings. The van der Waals surface area contributed by atoms with Gasteiger partial charge in [0.25, 0.3) is 0 Å². The van der Waals surface area contributed by atoms with E-state index in [9.17, 15) is 9.90 Å². The summed E-state index contributed by atoms with van der Waals surface area (Å²) in [5, 5.41) is 9.63. The maximum atomic E-state index is 12.2. The summed E-state index contributed by atoms with van der Waals surface area (Å²) < 4.78 is 11.2. The number of aliphatic hydroxyl groups excluding tert-OH is 1. The van der Waals surface area contributed by atoms with Crippen LogP contribution in [0, 0.1) is 0 Å². The zero-order chi connectivity index (χ0) is 39.1. The number of unbranched alkanes of at least 4 members (excludes halogenated alkanes) is 25. The topological polar surface area (TPSA) is 55.8 Å². The van der Waals surface area contributed by atoms with Crippen molar-refractivity contribution in [3.8, 4) is 0 Å². The fourth-order valence-corrected chi connectivity index (χ4v) is 6.65. The van der Waals surface area contributed by atoms with Gasteiger partial charge in [0.05, 0.1) is 13.2 Å². The highest BCUT2D eigenvalue weighted by molar-refractivity contribution is 5.69. The van der Waals surface area contributed by atoms with Crippen molar-refractivity contribution in [3.05, 3.63) is 60.8 Å². The molecule has 0 fully saturated rings. The first-order valence-electron chi connectivity index (χ1n) is 23.4. The van der Waals surface area contributed by atoms with E-state index in [2.05, 4.69) is 74.6 Å². The fraction of sp³-hybridized carbons (Fsp3) is 0.780. The van der Waals surface area contributed by atoms with Gasteiger partial charge in [-0.2, -0.15) is 0 Å². The van der Waals surface area contributed by atoms with Crippen LogP contribution >= 0.6 is 0 Å². The molecule has 0 aromatic heterocycles. The molecule has 0 aliphatic carbocycles. The van der Waals surface area contributed by atoms with E-state index < -0.39 is 6.10 Å². The van der Waals surface area contributed by atoms with Crippen molar-refractivity contribution in [2.75, 3.05) is 19.8 Å². The van der Waals surface area contributed by atoms with Crippen molar-refractivity contribution in [2.45, 2.75) is 232 Å². The Morgan fingerprint density at radius 1 is 0.463 bits per heavy atom. The summed E-state index contributed by atoms with van der Waals surface area (Å²) in [4.78, 5) is 12.2. The second kappa shape index (κ2) is 47.2. The smallest absolute Gasteiger partial charge is 0.306 e. The molecule has 4 heteroatoms. The number of rotatable bonds is 43. The van der Waals surface area contributed by atoms with Gasteiger partial charge in [-0.3, -0.25) is 4.79 Å². The van der Waals surface area contributed by atoms with Crippen molar-refractivity contribution in [3.63, 3.8) is 0 Å². The Balaban J connectivity index is 3.45. The zero-order valence-electron chi connectivity index (χ0n) is 36.0. The van der Waals surface area contributed by atoms with E-state index in [1.165, 1.54) is 148 Å². The van der Waals surface area contributed by atoms with Crippen LogP contribution in [0.15, 0.2) is 60.8 Å². The number of hydrogen-bond donors (Lipinski definition) is 1. The second-order valence-electron chi connectivity index (χ2n) is 15.5. The Hall–Kier alpha value is -1.91. The maximum absolute atomic E-state index is 12.2. The first kappa shape index (κ1) is 52.1. The van der Waals surface area contributed by atoms with E-state index in [4.69, 9.17) is 9.47 Å². The van der Waals surface area contributed by atoms with Gasteiger partial charge in [0, 0.05) is 13.0 Å². The summed E-state index contributed by atoms with van der Waals surface area (Å²) in [6.45, 7) is 5.25. The van der Waals surface area contributed by atoms with Gasteiger partial charge in [-0.15, -0.1) is 0 Å². The highest BCUT2D eigenvalue weighted by atomic mass is 16.6. The third-order valence-electron chi connectivity index (χ3n) is 10.1. The Labute approximate surface area is 336 Å². The molecule has 0 heterocycles. The standard InChI is InChI=1S/C50H90O4/c1-3-5-7-9-11-13-15-17-19-21-23-24-25-26-27-29-31-33-35-37-39-41-43-45-50(52)54-49(47-51)48-53-46-44-42-40-38-36-34-32-30-28-22-20-18-16-14-12-10-8-6-4-2/h5,7,11,13,17,19,23-24,26-27,49,51H,3-4,6,8-10,12,14-16,18,20-22,25,28-48H2,1-2H3/b7-5-,13-11-,19-17-,24-23-,27-26-. The van der Waals surface area contributed by atoms with Gasteiger partial charge >= 0.3 is 5.97 Å². The second-order valence-corrected chi connectivity index (χ2v) is 15.5. The van der Waals surface area contributed by atoms with Gasteiger partial charge in [0.1, 0.15) is 6.10 Å². The molecular formula is C50H90O4. The van der Waals surface area contributed by atoms with Gasteiger partial charge in [-0.05, 0) is 57.8 Å². The number of hydrogen-bond acceptors (Lipinski definition) is 4. The van der Waals surface area contributed by atoms with E-state index in [1.54, 1.807) is 0 Å². The monoisotopic (exact) mass is 755 g/mol. The number of carbonyl (C=O) groups is 1. The molecule has 0 amide bonds. The molecule has 0 aliphatic heterocycles. The number of ether oxygens (including phenoxy) is 2. The Kier molecular flexibility index (Phi) is 45.6. The number of esters is 1. The lowest BCUT2D eigenvalue weighted by molar-refractivity contribution is -0.154. The van der Waals surface area contributed by atoms with Crippen LogP contribution in [0.25, 0.3) is 0 Å². The summed E-state index contributed by atoms with van der Waals surface area (Å²) in [5.74, 6) is -0.210. The van der Waals surface area contributed by atoms with Gasteiger partial charge in [-0.1, -0.05) is 222 Å². The van der Waals surface area contributed by atoms with Crippen molar-refractivity contribution >= 4 is 5.97 Å². The first-order chi connectivity index (χ1) is 26.7. The predicted molar refractivity (Wildman–Crippen MR) is 237 cm³/mol. The highest BCUT2D eigenvalue weighted by Crippen LogP contribution is 2.15. The third kappa shape index (κ3) is 44.5. The van der Waals surface area contributed by atoms with E-state index in [0.717, 1.165) is 57.8 Å². The summed E-state index contributed by atoms with van der Waals surface area (Å²) >= 11 is 0. The van der Waals surface area contributed by atoms with Crippen LogP contribution in [0.4, 0.5) is 0 Å². The molecule has 54 heavy (non-hydrogen) atoms. The van der Waals surface area contributed by atoms with E-state index in [-0.39, 0.29) is 12.6 Å². The Morgan fingerprint density at radius 2 is 0.833 bits per heavy atom. The molecule has 0 aromatic carbocycles. The van der Waals surface area contributed by atoms with Crippen LogP contribution < -0.4 is 0 Å². The lowest BCUT2D eigenvalue weighted by atomic mass is 10.0. The average molecular weight is 755 g/mol. The van der Waals surface area contributed by atoms with E-state index in [1.807, 2.05) is 0 Å². The van der Waals surface area contributed by atoms with Gasteiger partial charge in [0.2, 0.25) is 0 Å². The lowest BCUT2D eigenvalue weighted by Crippen LogP contribution is -2.27. The predicted octanol–water partition coefficient (Wildman–Crippen LogP) is 15.6. The minimum Gasteiger partial charge on any atom is -0.457 e. The molecular weight excluding hydrogens is 665 g/mol. The normalized spacial score (nSPS) is 12.9. The highest BCUT2D eigenvalue weighted by Gasteiger charge is 2.13. The SMILES string of the molecule is CC/C=C\C/C=C\C/C=C\C/C=C\C/C=C\CCCCCCCCCC(=O)OC(CO)COCCCCCCCCCCCCCCCCCCCCC. The summed E-state index contributed by atoms with van der Waals surface area (Å²) in [6, 6.07) is 0. The Bertz CT molecular complexity index is 885. The van der Waals surface area contributed by atoms with E-state index >= 15 is 0 Å². The Morgan fingerprint density at radius 3 is 1.26 bits per heavy atom. The maximum Gasteiger partial charge on any atom is 0.306 e. The molecule has 0 radical (unpaired) electrons. The molecule has 0 spiro atoms. The van der Waals surface area contributed by atoms with Crippen LogP contribution in [0.1, 0.15) is 226 Å². The molecule has 314 valence electrons. The molecule has 0 bridgehead atoms. The van der Waals surface area contributed by atoms with Crippen molar-refractivity contribution < 1.29 is 19.4 Å². The lowest BCUT2D eigenvalue weighted by Gasteiger charge is -2.16. The minimum atomic E-state index is -0.541. The average Bonchev–Trinajstić information content (AvgIpc) is 3.18. The van der Waals surface area contributed by atoms with Crippen molar-refractivity contribution in [1.82, 2.24) is 0 Å². The molecule has 0 saturated carbocycles. The van der Waals surface area contributed by atoms with Crippen LogP contribution in [0.2, 0.25) is 0 Å². The number of aliphatic hydroxyl groups is 1. The minimum absolute atomic E-state index is 0.176. The van der Waals surface area contributed by atoms with Gasteiger partial charge in [-0.25, -0.2) is 0 Å². The number of carbonyl (C=O) groups excluding carboxylic acids is 1. The van der Waals surface area contributed by atoms with Gasteiger partial charge < -0.3 is 14.6 Å². The van der Waals surface area contributed by atoms with Crippen molar-refractivity contribution in [1.29, 1.82) is 0 Å². The molecule has 4 nitrogen and oxygen atoms in total. The summed E-state index contributed by atoms with van der Waals surface area (Å²) in [6.07, 6.45) is 62.9. The third-order valence-corrected chi connectivity index (χ3v) is 10.1. The molecule has 1 atom stereocenters. The molecule has 1 unspecified atom stereocenters. The van der Waals surface area contributed by atoms with Gasteiger partial charge in [0.15, 0.2) is 0 Å². The molecule has 0 aromatic rings. The van der Waals surface area contributed by atoms with Crippen molar-refractivity contribution in [2.24, 2.45) is 0 Å². The first-order valence-corrected chi connectivity index (χ1v) is 23.4. The van der Waals surface area contributed by atoms with Crippen LogP contribution in [-0.4, -0.2) is 37.0 Å². The molecule has 0 saturated heterocycles. The van der Waals surface area contributed by atoms with Crippen LogP contribution in [0.5, 0.6) is 0 Å². The molecule has 0 rings (SSSR count). The fourth-order valence-electron chi connectivity index (χ4n) is 6.65. The summed E-state index contributed by atoms with van der Waals surface area (Å²) in [7, 11) is 0.